The Morgan fingerprint density at radius 3 is 2.22 bits per heavy atom. The first-order valence-corrected chi connectivity index (χ1v) is 13.7. The van der Waals surface area contributed by atoms with Gasteiger partial charge in [0.25, 0.3) is 0 Å². The minimum Gasteiger partial charge on any atom is -0.341 e. The zero-order valence-corrected chi connectivity index (χ0v) is 17.8. The molecule has 156 valence electrons. The van der Waals surface area contributed by atoms with Crippen LogP contribution in [0.3, 0.4) is 0 Å². The van der Waals surface area contributed by atoms with E-state index >= 15 is 0 Å². The average molecular weight is 421 g/mol. The fraction of sp³-hybridized carbons (Fsp3) is 0.944. The van der Waals surface area contributed by atoms with E-state index < -0.39 is 25.1 Å². The SMILES string of the molecule is CS(=O)(=O)CC1CCCN(S(=O)(=O)C2CCCN(C(=O)C3CCCC3)C2)C1. The molecular weight excluding hydrogens is 388 g/mol. The Labute approximate surface area is 163 Å². The summed E-state index contributed by atoms with van der Waals surface area (Å²) in [4.78, 5) is 14.5. The van der Waals surface area contributed by atoms with Crippen molar-refractivity contribution in [2.45, 2.75) is 56.6 Å². The highest BCUT2D eigenvalue weighted by atomic mass is 32.2. The second kappa shape index (κ2) is 8.37. The van der Waals surface area contributed by atoms with Crippen LogP contribution in [-0.2, 0) is 24.7 Å². The van der Waals surface area contributed by atoms with Crippen molar-refractivity contribution in [2.75, 3.05) is 38.2 Å². The van der Waals surface area contributed by atoms with E-state index in [1.165, 1.54) is 10.6 Å². The van der Waals surface area contributed by atoms with Crippen molar-refractivity contribution in [3.05, 3.63) is 0 Å². The van der Waals surface area contributed by atoms with Crippen LogP contribution in [0.25, 0.3) is 0 Å². The molecular formula is C18H32N2O5S2. The van der Waals surface area contributed by atoms with Gasteiger partial charge >= 0.3 is 0 Å². The van der Waals surface area contributed by atoms with Crippen LogP contribution in [0.2, 0.25) is 0 Å². The van der Waals surface area contributed by atoms with Crippen LogP contribution in [0.1, 0.15) is 51.4 Å². The maximum Gasteiger partial charge on any atom is 0.225 e. The van der Waals surface area contributed by atoms with Crippen LogP contribution in [0.4, 0.5) is 0 Å². The minimum atomic E-state index is -3.52. The number of carbonyl (C=O) groups excluding carboxylic acids is 1. The Morgan fingerprint density at radius 2 is 1.56 bits per heavy atom. The fourth-order valence-electron chi connectivity index (χ4n) is 4.85. The molecule has 1 saturated carbocycles. The average Bonchev–Trinajstić information content (AvgIpc) is 3.14. The number of sulfone groups is 1. The maximum absolute atomic E-state index is 13.2. The highest BCUT2D eigenvalue weighted by Gasteiger charge is 2.40. The number of likely N-dealkylation sites (tertiary alicyclic amines) is 1. The number of amides is 1. The molecule has 3 aliphatic rings. The summed E-state index contributed by atoms with van der Waals surface area (Å²) in [6, 6.07) is 0. The molecule has 0 aromatic rings. The van der Waals surface area contributed by atoms with Gasteiger partial charge in [0.2, 0.25) is 15.9 Å². The van der Waals surface area contributed by atoms with Crippen molar-refractivity contribution in [3.63, 3.8) is 0 Å². The van der Waals surface area contributed by atoms with Crippen LogP contribution in [-0.4, -0.2) is 75.4 Å². The summed E-state index contributed by atoms with van der Waals surface area (Å²) >= 11 is 0. The first-order chi connectivity index (χ1) is 12.7. The molecule has 2 unspecified atom stereocenters. The Kier molecular flexibility index (Phi) is 6.52. The van der Waals surface area contributed by atoms with E-state index in [1.807, 2.05) is 0 Å². The molecule has 2 aliphatic heterocycles. The molecule has 2 atom stereocenters. The molecule has 1 amide bonds. The lowest BCUT2D eigenvalue weighted by Crippen LogP contribution is -2.52. The van der Waals surface area contributed by atoms with E-state index in [1.54, 1.807) is 4.90 Å². The number of piperidine rings is 2. The molecule has 0 aromatic heterocycles. The van der Waals surface area contributed by atoms with Crippen LogP contribution in [0.5, 0.6) is 0 Å². The molecule has 0 spiro atoms. The second-order valence-corrected chi connectivity index (χ2v) is 12.9. The molecule has 7 nitrogen and oxygen atoms in total. The number of nitrogens with zero attached hydrogens (tertiary/aromatic N) is 2. The monoisotopic (exact) mass is 420 g/mol. The molecule has 3 fully saturated rings. The largest absolute Gasteiger partial charge is 0.341 e. The van der Waals surface area contributed by atoms with Crippen molar-refractivity contribution in [2.24, 2.45) is 11.8 Å². The lowest BCUT2D eigenvalue weighted by atomic mass is 10.0. The van der Waals surface area contributed by atoms with Gasteiger partial charge in [-0.15, -0.1) is 0 Å². The normalized spacial score (nSPS) is 29.1. The Morgan fingerprint density at radius 1 is 0.889 bits per heavy atom. The summed E-state index contributed by atoms with van der Waals surface area (Å²) < 4.78 is 51.0. The fourth-order valence-corrected chi connectivity index (χ4v) is 8.03. The van der Waals surface area contributed by atoms with E-state index in [4.69, 9.17) is 0 Å². The summed E-state index contributed by atoms with van der Waals surface area (Å²) in [6.07, 6.45) is 7.94. The first-order valence-electron chi connectivity index (χ1n) is 10.1. The van der Waals surface area contributed by atoms with Gasteiger partial charge in [-0.25, -0.2) is 21.1 Å². The highest BCUT2D eigenvalue weighted by Crippen LogP contribution is 2.30. The predicted molar refractivity (Wildman–Crippen MR) is 104 cm³/mol. The first kappa shape index (κ1) is 21.0. The van der Waals surface area contributed by atoms with E-state index in [2.05, 4.69) is 0 Å². The number of rotatable bonds is 5. The molecule has 0 radical (unpaired) electrons. The summed E-state index contributed by atoms with van der Waals surface area (Å²) in [5, 5.41) is -0.561. The van der Waals surface area contributed by atoms with Crippen molar-refractivity contribution < 1.29 is 21.6 Å². The number of carbonyl (C=O) groups is 1. The lowest BCUT2D eigenvalue weighted by Gasteiger charge is -2.38. The second-order valence-electron chi connectivity index (χ2n) is 8.53. The Hall–Kier alpha value is -0.670. The molecule has 1 aliphatic carbocycles. The van der Waals surface area contributed by atoms with E-state index in [-0.39, 0.29) is 36.6 Å². The number of sulfonamides is 1. The summed E-state index contributed by atoms with van der Waals surface area (Å²) in [5.41, 5.74) is 0. The van der Waals surface area contributed by atoms with Crippen molar-refractivity contribution in [1.82, 2.24) is 9.21 Å². The van der Waals surface area contributed by atoms with Gasteiger partial charge in [0, 0.05) is 38.4 Å². The van der Waals surface area contributed by atoms with Crippen LogP contribution in [0.15, 0.2) is 0 Å². The van der Waals surface area contributed by atoms with Gasteiger partial charge < -0.3 is 4.90 Å². The lowest BCUT2D eigenvalue weighted by molar-refractivity contribution is -0.136. The van der Waals surface area contributed by atoms with Crippen LogP contribution >= 0.6 is 0 Å². The predicted octanol–water partition coefficient (Wildman–Crippen LogP) is 1.25. The number of hydrogen-bond donors (Lipinski definition) is 0. The van der Waals surface area contributed by atoms with E-state index in [0.29, 0.717) is 32.4 Å². The van der Waals surface area contributed by atoms with E-state index in [0.717, 1.165) is 32.1 Å². The zero-order chi connectivity index (χ0) is 19.7. The number of hydrogen-bond acceptors (Lipinski definition) is 5. The smallest absolute Gasteiger partial charge is 0.225 e. The van der Waals surface area contributed by atoms with Crippen molar-refractivity contribution in [1.29, 1.82) is 0 Å². The third kappa shape index (κ3) is 5.23. The molecule has 0 N–H and O–H groups in total. The molecule has 3 rings (SSSR count). The molecule has 2 heterocycles. The highest BCUT2D eigenvalue weighted by molar-refractivity contribution is 7.90. The third-order valence-electron chi connectivity index (χ3n) is 6.20. The third-order valence-corrected chi connectivity index (χ3v) is 9.55. The summed E-state index contributed by atoms with van der Waals surface area (Å²) in [6.45, 7) is 1.67. The molecule has 9 heteroatoms. The quantitative estimate of drug-likeness (QED) is 0.668. The maximum atomic E-state index is 13.2. The Balaban J connectivity index is 1.65. The zero-order valence-electron chi connectivity index (χ0n) is 16.2. The van der Waals surface area contributed by atoms with Gasteiger partial charge in [-0.3, -0.25) is 4.79 Å². The summed E-state index contributed by atoms with van der Waals surface area (Å²) in [7, 11) is -6.64. The summed E-state index contributed by atoms with van der Waals surface area (Å²) in [5.74, 6) is 0.0978. The van der Waals surface area contributed by atoms with Crippen molar-refractivity contribution >= 4 is 25.8 Å². The van der Waals surface area contributed by atoms with Gasteiger partial charge in [-0.05, 0) is 44.4 Å². The van der Waals surface area contributed by atoms with Gasteiger partial charge in [0.05, 0.1) is 11.0 Å². The topological polar surface area (TPSA) is 91.8 Å². The van der Waals surface area contributed by atoms with Gasteiger partial charge in [-0.2, -0.15) is 0 Å². The molecule has 2 saturated heterocycles. The Bertz CT molecular complexity index is 744. The van der Waals surface area contributed by atoms with Crippen LogP contribution in [0, 0.1) is 11.8 Å². The molecule has 0 bridgehead atoms. The van der Waals surface area contributed by atoms with Crippen molar-refractivity contribution in [3.8, 4) is 0 Å². The van der Waals surface area contributed by atoms with E-state index in [9.17, 15) is 21.6 Å². The molecule has 27 heavy (non-hydrogen) atoms. The van der Waals surface area contributed by atoms with Gasteiger partial charge in [-0.1, -0.05) is 12.8 Å². The standard InChI is InChI=1S/C18H32N2O5S2/c1-26(22,23)14-15-6-4-11-20(12-15)27(24,25)17-9-5-10-19(13-17)18(21)16-7-2-3-8-16/h15-17H,2-14H2,1H3. The van der Waals surface area contributed by atoms with Gasteiger partial charge in [0.15, 0.2) is 0 Å². The molecule has 0 aromatic carbocycles. The van der Waals surface area contributed by atoms with Gasteiger partial charge in [0.1, 0.15) is 9.84 Å². The minimum absolute atomic E-state index is 0.0377. The van der Waals surface area contributed by atoms with Crippen LogP contribution < -0.4 is 0 Å².